The van der Waals surface area contributed by atoms with Crippen molar-refractivity contribution in [2.24, 2.45) is 5.92 Å². The zero-order chi connectivity index (χ0) is 13.2. The highest BCUT2D eigenvalue weighted by atomic mass is 16.4. The molecule has 1 N–H and O–H groups in total. The Kier molecular flexibility index (Phi) is 3.73. The zero-order valence-electron chi connectivity index (χ0n) is 11.9. The fraction of sp³-hybridized carbons (Fsp3) is 0.857. The molecule has 0 spiro atoms. The van der Waals surface area contributed by atoms with Crippen LogP contribution in [0, 0.1) is 5.92 Å². The molecule has 2 aliphatic rings. The standard InChI is InChI=1S/C14H24N4O/c1-10(15-2)13-16-17-14(19-13)18-9-5-7-11-6-3-4-8-12(11)18/h10-12,15H,3-9H2,1-2H3/t10?,11-,12-/m1/s1. The number of nitrogens with one attached hydrogen (secondary N) is 1. The molecular formula is C14H24N4O. The lowest BCUT2D eigenvalue weighted by molar-refractivity contribution is 0.233. The number of anilines is 1. The van der Waals surface area contributed by atoms with Crippen molar-refractivity contribution in [3.63, 3.8) is 0 Å². The highest BCUT2D eigenvalue weighted by Gasteiger charge is 2.35. The summed E-state index contributed by atoms with van der Waals surface area (Å²) in [5, 5.41) is 11.6. The first kappa shape index (κ1) is 12.9. The number of piperidine rings is 1. The number of hydrogen-bond acceptors (Lipinski definition) is 5. The van der Waals surface area contributed by atoms with Crippen LogP contribution in [0.2, 0.25) is 0 Å². The van der Waals surface area contributed by atoms with E-state index in [1.807, 2.05) is 14.0 Å². The van der Waals surface area contributed by atoms with Crippen LogP contribution in [-0.4, -0.2) is 29.8 Å². The third-order valence-corrected chi connectivity index (χ3v) is 4.72. The molecule has 1 saturated carbocycles. The van der Waals surface area contributed by atoms with Crippen LogP contribution in [0.25, 0.3) is 0 Å². The Hall–Kier alpha value is -1.10. The topological polar surface area (TPSA) is 54.2 Å². The number of hydrogen-bond donors (Lipinski definition) is 1. The highest BCUT2D eigenvalue weighted by molar-refractivity contribution is 5.29. The fourth-order valence-corrected chi connectivity index (χ4v) is 3.50. The SMILES string of the molecule is CNC(C)c1nnc(N2CCC[C@H]3CCCC[C@H]32)o1. The van der Waals surface area contributed by atoms with Gasteiger partial charge in [0.2, 0.25) is 5.89 Å². The minimum atomic E-state index is 0.119. The Morgan fingerprint density at radius 2 is 2.00 bits per heavy atom. The second-order valence-corrected chi connectivity index (χ2v) is 5.88. The molecule has 106 valence electrons. The second-order valence-electron chi connectivity index (χ2n) is 5.88. The Bertz CT molecular complexity index is 417. The summed E-state index contributed by atoms with van der Waals surface area (Å²) in [6, 6.07) is 1.47. The van der Waals surface area contributed by atoms with Gasteiger partial charge in [0.25, 0.3) is 0 Å². The number of aromatic nitrogens is 2. The molecule has 1 aliphatic carbocycles. The molecule has 2 fully saturated rings. The molecule has 5 heteroatoms. The van der Waals surface area contributed by atoms with E-state index < -0.39 is 0 Å². The highest BCUT2D eigenvalue weighted by Crippen LogP contribution is 2.37. The Morgan fingerprint density at radius 3 is 2.84 bits per heavy atom. The average molecular weight is 264 g/mol. The van der Waals surface area contributed by atoms with Gasteiger partial charge in [-0.25, -0.2) is 0 Å². The second kappa shape index (κ2) is 5.49. The van der Waals surface area contributed by atoms with Crippen molar-refractivity contribution in [3.05, 3.63) is 5.89 Å². The van der Waals surface area contributed by atoms with E-state index in [1.165, 1.54) is 38.5 Å². The first-order chi connectivity index (χ1) is 9.29. The first-order valence-electron chi connectivity index (χ1n) is 7.57. The lowest BCUT2D eigenvalue weighted by Crippen LogP contribution is -2.47. The van der Waals surface area contributed by atoms with E-state index in [4.69, 9.17) is 4.42 Å². The number of rotatable bonds is 3. The maximum Gasteiger partial charge on any atom is 0.318 e. The number of fused-ring (bicyclic) bond motifs is 1. The van der Waals surface area contributed by atoms with Gasteiger partial charge in [-0.15, -0.1) is 5.10 Å². The molecule has 19 heavy (non-hydrogen) atoms. The van der Waals surface area contributed by atoms with E-state index in [-0.39, 0.29) is 6.04 Å². The zero-order valence-corrected chi connectivity index (χ0v) is 11.9. The van der Waals surface area contributed by atoms with E-state index in [2.05, 4.69) is 20.4 Å². The van der Waals surface area contributed by atoms with Crippen LogP contribution >= 0.6 is 0 Å². The molecule has 2 heterocycles. The van der Waals surface area contributed by atoms with Crippen LogP contribution in [0.3, 0.4) is 0 Å². The largest absolute Gasteiger partial charge is 0.406 e. The maximum absolute atomic E-state index is 5.87. The summed E-state index contributed by atoms with van der Waals surface area (Å²) in [5.74, 6) is 1.52. The van der Waals surface area contributed by atoms with E-state index in [0.29, 0.717) is 11.9 Å². The molecule has 1 aromatic rings. The Morgan fingerprint density at radius 1 is 1.21 bits per heavy atom. The summed E-state index contributed by atoms with van der Waals surface area (Å²) >= 11 is 0. The van der Waals surface area contributed by atoms with Crippen LogP contribution in [0.5, 0.6) is 0 Å². The summed E-state index contributed by atoms with van der Waals surface area (Å²) < 4.78 is 5.87. The molecule has 0 aromatic carbocycles. The monoisotopic (exact) mass is 264 g/mol. The van der Waals surface area contributed by atoms with Gasteiger partial charge in [0.05, 0.1) is 6.04 Å². The predicted octanol–water partition coefficient (Wildman–Crippen LogP) is 2.51. The van der Waals surface area contributed by atoms with Crippen LogP contribution in [0.1, 0.15) is 57.4 Å². The summed E-state index contributed by atoms with van der Waals surface area (Å²) in [5.41, 5.74) is 0. The van der Waals surface area contributed by atoms with Crippen LogP contribution in [0.15, 0.2) is 4.42 Å². The van der Waals surface area contributed by atoms with Gasteiger partial charge in [-0.05, 0) is 45.6 Å². The average Bonchev–Trinajstić information content (AvgIpc) is 2.95. The van der Waals surface area contributed by atoms with E-state index in [1.54, 1.807) is 0 Å². The van der Waals surface area contributed by atoms with E-state index in [0.717, 1.165) is 18.5 Å². The summed E-state index contributed by atoms with van der Waals surface area (Å²) in [6.07, 6.45) is 8.00. The minimum absolute atomic E-state index is 0.119. The quantitative estimate of drug-likeness (QED) is 0.909. The van der Waals surface area contributed by atoms with Gasteiger partial charge in [-0.3, -0.25) is 0 Å². The van der Waals surface area contributed by atoms with Crippen LogP contribution in [-0.2, 0) is 0 Å². The smallest absolute Gasteiger partial charge is 0.318 e. The third-order valence-electron chi connectivity index (χ3n) is 4.72. The molecular weight excluding hydrogens is 240 g/mol. The molecule has 3 rings (SSSR count). The maximum atomic E-state index is 5.87. The lowest BCUT2D eigenvalue weighted by Gasteiger charge is -2.43. The molecule has 0 radical (unpaired) electrons. The van der Waals surface area contributed by atoms with Gasteiger partial charge in [-0.1, -0.05) is 17.9 Å². The van der Waals surface area contributed by atoms with Crippen molar-refractivity contribution in [1.29, 1.82) is 0 Å². The molecule has 1 aromatic heterocycles. The molecule has 1 aliphatic heterocycles. The van der Waals surface area contributed by atoms with Gasteiger partial charge < -0.3 is 14.6 Å². The van der Waals surface area contributed by atoms with Gasteiger partial charge in [0, 0.05) is 12.6 Å². The predicted molar refractivity (Wildman–Crippen MR) is 74.1 cm³/mol. The van der Waals surface area contributed by atoms with Crippen molar-refractivity contribution >= 4 is 6.01 Å². The summed E-state index contributed by atoms with van der Waals surface area (Å²) in [4.78, 5) is 2.37. The minimum Gasteiger partial charge on any atom is -0.406 e. The van der Waals surface area contributed by atoms with E-state index in [9.17, 15) is 0 Å². The number of nitrogens with zero attached hydrogens (tertiary/aromatic N) is 3. The molecule has 1 saturated heterocycles. The van der Waals surface area contributed by atoms with Gasteiger partial charge >= 0.3 is 6.01 Å². The third kappa shape index (κ3) is 2.48. The molecule has 0 bridgehead atoms. The fourth-order valence-electron chi connectivity index (χ4n) is 3.50. The van der Waals surface area contributed by atoms with Crippen molar-refractivity contribution < 1.29 is 4.42 Å². The Labute approximate surface area is 114 Å². The summed E-state index contributed by atoms with van der Waals surface area (Å²) in [6.45, 7) is 3.10. The van der Waals surface area contributed by atoms with Crippen LogP contribution < -0.4 is 10.2 Å². The van der Waals surface area contributed by atoms with E-state index >= 15 is 0 Å². The van der Waals surface area contributed by atoms with Crippen LogP contribution in [0.4, 0.5) is 6.01 Å². The van der Waals surface area contributed by atoms with Crippen molar-refractivity contribution in [1.82, 2.24) is 15.5 Å². The lowest BCUT2D eigenvalue weighted by atomic mass is 9.78. The van der Waals surface area contributed by atoms with Gasteiger partial charge in [-0.2, -0.15) is 0 Å². The van der Waals surface area contributed by atoms with Crippen molar-refractivity contribution in [2.45, 2.75) is 57.5 Å². The Balaban J connectivity index is 1.78. The molecule has 1 unspecified atom stereocenters. The first-order valence-corrected chi connectivity index (χ1v) is 7.57. The van der Waals surface area contributed by atoms with Gasteiger partial charge in [0.1, 0.15) is 0 Å². The normalized spacial score (nSPS) is 29.1. The molecule has 5 nitrogen and oxygen atoms in total. The van der Waals surface area contributed by atoms with Gasteiger partial charge in [0.15, 0.2) is 0 Å². The molecule has 3 atom stereocenters. The van der Waals surface area contributed by atoms with Crippen molar-refractivity contribution in [3.8, 4) is 0 Å². The molecule has 0 amide bonds. The van der Waals surface area contributed by atoms with Crippen molar-refractivity contribution in [2.75, 3.05) is 18.5 Å². The summed E-state index contributed by atoms with van der Waals surface area (Å²) in [7, 11) is 1.91.